The van der Waals surface area contributed by atoms with Gasteiger partial charge in [0.1, 0.15) is 29.1 Å². The molecule has 3 rings (SSSR count). The summed E-state index contributed by atoms with van der Waals surface area (Å²) in [4.78, 5) is 7.50. The first kappa shape index (κ1) is 23.8. The monoisotopic (exact) mass is 448 g/mol. The highest BCUT2D eigenvalue weighted by atomic mass is 32.2. The fourth-order valence-corrected chi connectivity index (χ4v) is 4.49. The molecule has 1 fully saturated rings. The van der Waals surface area contributed by atoms with Crippen molar-refractivity contribution in [3.8, 4) is 0 Å². The van der Waals surface area contributed by atoms with Crippen LogP contribution in [0.5, 0.6) is 0 Å². The molecule has 0 saturated carbocycles. The van der Waals surface area contributed by atoms with Gasteiger partial charge in [-0.25, -0.2) is 9.50 Å². The summed E-state index contributed by atoms with van der Waals surface area (Å²) in [6, 6.07) is 3.93. The standard InChI is InChI=1S/C21H32N6O3S/c1-5-7-11-28-13-17-19(29-12-8-6-2)21(3,25-26-22)18(30-17)15-9-10-16-20(31-4)23-14-24-27(15)16/h9-10,14,17-19H,5-8,11-13H2,1-4H3/t17-,18+,19-,21+/m1/s1. The van der Waals surface area contributed by atoms with Gasteiger partial charge in [-0.2, -0.15) is 5.10 Å². The smallest absolute Gasteiger partial charge is 0.137 e. The van der Waals surface area contributed by atoms with E-state index >= 15 is 0 Å². The van der Waals surface area contributed by atoms with E-state index in [9.17, 15) is 5.53 Å². The Morgan fingerprint density at radius 2 is 2.06 bits per heavy atom. The number of azide groups is 1. The summed E-state index contributed by atoms with van der Waals surface area (Å²) >= 11 is 1.56. The Balaban J connectivity index is 1.97. The van der Waals surface area contributed by atoms with Gasteiger partial charge in [0.15, 0.2) is 0 Å². The van der Waals surface area contributed by atoms with Crippen LogP contribution >= 0.6 is 11.8 Å². The Hall–Kier alpha value is -1.84. The Morgan fingerprint density at radius 3 is 2.77 bits per heavy atom. The predicted octanol–water partition coefficient (Wildman–Crippen LogP) is 4.96. The molecule has 0 N–H and O–H groups in total. The van der Waals surface area contributed by atoms with Crippen LogP contribution in [0, 0.1) is 0 Å². The largest absolute Gasteiger partial charge is 0.379 e. The van der Waals surface area contributed by atoms with Crippen molar-refractivity contribution >= 4 is 17.3 Å². The minimum atomic E-state index is -0.944. The minimum Gasteiger partial charge on any atom is -0.379 e. The summed E-state index contributed by atoms with van der Waals surface area (Å²) in [6.07, 6.45) is 6.21. The molecule has 1 aliphatic heterocycles. The molecule has 0 aliphatic carbocycles. The molecule has 4 atom stereocenters. The van der Waals surface area contributed by atoms with Gasteiger partial charge in [-0.15, -0.1) is 11.8 Å². The third kappa shape index (κ3) is 4.99. The lowest BCUT2D eigenvalue weighted by Gasteiger charge is -2.30. The van der Waals surface area contributed by atoms with Gasteiger partial charge < -0.3 is 14.2 Å². The Bertz CT molecular complexity index is 902. The average Bonchev–Trinajstić information content (AvgIpc) is 3.31. The molecule has 1 saturated heterocycles. The molecule has 0 aromatic carbocycles. The van der Waals surface area contributed by atoms with Crippen molar-refractivity contribution in [2.75, 3.05) is 26.1 Å². The van der Waals surface area contributed by atoms with Crippen LogP contribution in [0.15, 0.2) is 28.6 Å². The van der Waals surface area contributed by atoms with Crippen LogP contribution in [0.4, 0.5) is 0 Å². The first-order chi connectivity index (χ1) is 15.1. The number of nitrogens with zero attached hydrogens (tertiary/aromatic N) is 6. The number of fused-ring (bicyclic) bond motifs is 1. The SMILES string of the molecule is CCCCOC[C@H]1O[C@@H](c2ccc3c(SC)ncnn23)[C@](C)(N=[N+]=[N-])[C@@H]1OCCCC. The molecular weight excluding hydrogens is 416 g/mol. The van der Waals surface area contributed by atoms with Crippen LogP contribution in [0.25, 0.3) is 16.0 Å². The van der Waals surface area contributed by atoms with E-state index in [-0.39, 0.29) is 6.10 Å². The van der Waals surface area contributed by atoms with E-state index in [4.69, 9.17) is 14.2 Å². The second kappa shape index (κ2) is 11.2. The predicted molar refractivity (Wildman–Crippen MR) is 120 cm³/mol. The van der Waals surface area contributed by atoms with E-state index in [1.807, 2.05) is 29.8 Å². The van der Waals surface area contributed by atoms with E-state index in [2.05, 4.69) is 34.0 Å². The summed E-state index contributed by atoms with van der Waals surface area (Å²) in [5.74, 6) is 0. The molecule has 1 aliphatic rings. The summed E-state index contributed by atoms with van der Waals surface area (Å²) in [6.45, 7) is 7.77. The van der Waals surface area contributed by atoms with Crippen molar-refractivity contribution in [3.63, 3.8) is 0 Å². The highest BCUT2D eigenvalue weighted by Gasteiger charge is 2.55. The molecule has 0 bridgehead atoms. The summed E-state index contributed by atoms with van der Waals surface area (Å²) in [7, 11) is 0. The van der Waals surface area contributed by atoms with E-state index in [1.165, 1.54) is 6.33 Å². The minimum absolute atomic E-state index is 0.346. The van der Waals surface area contributed by atoms with E-state index < -0.39 is 17.7 Å². The van der Waals surface area contributed by atoms with Crippen molar-refractivity contribution in [2.45, 2.75) is 75.3 Å². The number of aromatic nitrogens is 3. The molecule has 0 unspecified atom stereocenters. The molecule has 31 heavy (non-hydrogen) atoms. The van der Waals surface area contributed by atoms with Gasteiger partial charge >= 0.3 is 0 Å². The highest BCUT2D eigenvalue weighted by Crippen LogP contribution is 2.46. The normalized spacial score (nSPS) is 25.7. The molecular formula is C21H32N6O3S. The number of hydrogen-bond acceptors (Lipinski definition) is 7. The van der Waals surface area contributed by atoms with Crippen LogP contribution in [0.2, 0.25) is 0 Å². The van der Waals surface area contributed by atoms with Crippen molar-refractivity contribution < 1.29 is 14.2 Å². The third-order valence-electron chi connectivity index (χ3n) is 5.64. The summed E-state index contributed by atoms with van der Waals surface area (Å²) in [5, 5.41) is 9.52. The van der Waals surface area contributed by atoms with Gasteiger partial charge in [-0.05, 0) is 43.7 Å². The highest BCUT2D eigenvalue weighted by molar-refractivity contribution is 7.98. The Kier molecular flexibility index (Phi) is 8.57. The fourth-order valence-electron chi connectivity index (χ4n) is 3.97. The average molecular weight is 449 g/mol. The van der Waals surface area contributed by atoms with Crippen LogP contribution < -0.4 is 0 Å². The molecule has 0 amide bonds. The molecule has 2 aromatic heterocycles. The van der Waals surface area contributed by atoms with E-state index in [0.717, 1.165) is 41.9 Å². The topological polar surface area (TPSA) is 107 Å². The molecule has 9 nitrogen and oxygen atoms in total. The number of hydrogen-bond donors (Lipinski definition) is 0. The first-order valence-corrected chi connectivity index (χ1v) is 12.1. The van der Waals surface area contributed by atoms with Crippen molar-refractivity contribution in [2.24, 2.45) is 5.11 Å². The molecule has 0 radical (unpaired) electrons. The van der Waals surface area contributed by atoms with Crippen LogP contribution in [-0.4, -0.2) is 58.4 Å². The second-order valence-electron chi connectivity index (χ2n) is 7.87. The third-order valence-corrected chi connectivity index (χ3v) is 6.34. The first-order valence-electron chi connectivity index (χ1n) is 10.9. The maximum atomic E-state index is 9.40. The summed E-state index contributed by atoms with van der Waals surface area (Å²) in [5.41, 5.74) is 10.2. The van der Waals surface area contributed by atoms with Crippen molar-refractivity contribution in [1.82, 2.24) is 14.6 Å². The lowest BCUT2D eigenvalue weighted by atomic mass is 9.88. The Labute approximate surface area is 187 Å². The molecule has 2 aromatic rings. The van der Waals surface area contributed by atoms with Crippen LogP contribution in [0.1, 0.15) is 58.3 Å². The van der Waals surface area contributed by atoms with E-state index in [0.29, 0.717) is 19.8 Å². The zero-order valence-corrected chi connectivity index (χ0v) is 19.5. The zero-order chi connectivity index (χ0) is 22.3. The maximum Gasteiger partial charge on any atom is 0.137 e. The van der Waals surface area contributed by atoms with Crippen molar-refractivity contribution in [3.05, 3.63) is 34.6 Å². The van der Waals surface area contributed by atoms with Crippen molar-refractivity contribution in [1.29, 1.82) is 0 Å². The number of thioether (sulfide) groups is 1. The van der Waals surface area contributed by atoms with Gasteiger partial charge in [0.2, 0.25) is 0 Å². The number of unbranched alkanes of at least 4 members (excludes halogenated alkanes) is 2. The molecule has 0 spiro atoms. The van der Waals surface area contributed by atoms with Gasteiger partial charge in [-0.1, -0.05) is 31.8 Å². The maximum absolute atomic E-state index is 9.40. The lowest BCUT2D eigenvalue weighted by Crippen LogP contribution is -2.44. The van der Waals surface area contributed by atoms with E-state index in [1.54, 1.807) is 11.8 Å². The molecule has 3 heterocycles. The zero-order valence-electron chi connectivity index (χ0n) is 18.7. The van der Waals surface area contributed by atoms with Crippen LogP contribution in [-0.2, 0) is 14.2 Å². The fraction of sp³-hybridized carbons (Fsp3) is 0.714. The summed E-state index contributed by atoms with van der Waals surface area (Å²) < 4.78 is 20.4. The van der Waals surface area contributed by atoms with Gasteiger partial charge in [0.05, 0.1) is 23.9 Å². The van der Waals surface area contributed by atoms with Crippen LogP contribution in [0.3, 0.4) is 0 Å². The quantitative estimate of drug-likeness (QED) is 0.149. The van der Waals surface area contributed by atoms with Gasteiger partial charge in [0, 0.05) is 18.1 Å². The number of ether oxygens (including phenoxy) is 3. The lowest BCUT2D eigenvalue weighted by molar-refractivity contribution is -0.0671. The van der Waals surface area contributed by atoms with Gasteiger partial charge in [-0.3, -0.25) is 0 Å². The second-order valence-corrected chi connectivity index (χ2v) is 8.66. The number of rotatable bonds is 12. The molecule has 10 heteroatoms. The molecule has 170 valence electrons. The van der Waals surface area contributed by atoms with Gasteiger partial charge in [0.25, 0.3) is 0 Å². The Morgan fingerprint density at radius 1 is 1.29 bits per heavy atom.